The van der Waals surface area contributed by atoms with Crippen LogP contribution in [0.1, 0.15) is 38.2 Å². The Kier molecular flexibility index (Phi) is 7.47. The zero-order valence-electron chi connectivity index (χ0n) is 14.4. The summed E-state index contributed by atoms with van der Waals surface area (Å²) < 4.78 is 5.84. The fraction of sp³-hybridized carbons (Fsp3) is 0.389. The van der Waals surface area contributed by atoms with Gasteiger partial charge in [-0.1, -0.05) is 36.5 Å². The zero-order valence-corrected chi connectivity index (χ0v) is 16.0. The van der Waals surface area contributed by atoms with Crippen LogP contribution >= 0.6 is 24.0 Å². The van der Waals surface area contributed by atoms with Crippen molar-refractivity contribution in [1.29, 1.82) is 0 Å². The van der Waals surface area contributed by atoms with Crippen molar-refractivity contribution in [3.8, 4) is 11.5 Å². The quantitative estimate of drug-likeness (QED) is 0.390. The molecule has 140 valence electrons. The Hall–Kier alpha value is -2.06. The van der Waals surface area contributed by atoms with E-state index >= 15 is 0 Å². The number of aliphatic carboxylic acids is 1. The Labute approximate surface area is 161 Å². The van der Waals surface area contributed by atoms with E-state index in [-0.39, 0.29) is 18.1 Å². The molecular formula is C18H20NO5S2-. The third-order valence-corrected chi connectivity index (χ3v) is 5.10. The number of carbonyl (C=O) groups is 2. The molecule has 1 aliphatic rings. The third-order valence-electron chi connectivity index (χ3n) is 3.72. The van der Waals surface area contributed by atoms with Gasteiger partial charge in [0.25, 0.3) is 5.91 Å². The van der Waals surface area contributed by atoms with Crippen LogP contribution in [0.3, 0.4) is 0 Å². The van der Waals surface area contributed by atoms with Crippen LogP contribution in [0.15, 0.2) is 23.1 Å². The number of thiocarbonyl (C=S) groups is 1. The molecule has 0 radical (unpaired) electrons. The Balaban J connectivity index is 2.00. The SMILES string of the molecule is CCOc1cc(/C=C2/SC(=S)N(CCCCCC(=O)[O-])C2=O)ccc1O. The molecule has 0 aliphatic carbocycles. The van der Waals surface area contributed by atoms with Crippen LogP contribution in [-0.2, 0) is 9.59 Å². The minimum absolute atomic E-state index is 0.0291. The molecule has 1 aromatic rings. The summed E-state index contributed by atoms with van der Waals surface area (Å²) in [5.41, 5.74) is 0.737. The second kappa shape index (κ2) is 9.59. The normalized spacial score (nSPS) is 15.7. The Bertz CT molecular complexity index is 732. The van der Waals surface area contributed by atoms with E-state index < -0.39 is 5.97 Å². The fourth-order valence-corrected chi connectivity index (χ4v) is 3.76. The van der Waals surface area contributed by atoms with E-state index in [1.54, 1.807) is 18.2 Å². The average molecular weight is 394 g/mol. The highest BCUT2D eigenvalue weighted by Gasteiger charge is 2.31. The van der Waals surface area contributed by atoms with Crippen molar-refractivity contribution in [2.75, 3.05) is 13.2 Å². The Morgan fingerprint density at radius 3 is 2.85 bits per heavy atom. The number of benzene rings is 1. The highest BCUT2D eigenvalue weighted by atomic mass is 32.2. The number of phenols is 1. The second-order valence-electron chi connectivity index (χ2n) is 5.68. The summed E-state index contributed by atoms with van der Waals surface area (Å²) in [7, 11) is 0. The van der Waals surface area contributed by atoms with Gasteiger partial charge in [-0.15, -0.1) is 0 Å². The molecule has 0 saturated carbocycles. The molecular weight excluding hydrogens is 374 g/mol. The molecule has 0 unspecified atom stereocenters. The maximum atomic E-state index is 12.5. The lowest BCUT2D eigenvalue weighted by Crippen LogP contribution is -2.29. The van der Waals surface area contributed by atoms with Gasteiger partial charge in [-0.3, -0.25) is 9.69 Å². The summed E-state index contributed by atoms with van der Waals surface area (Å²) in [6.07, 6.45) is 3.65. The molecule has 0 spiro atoms. The van der Waals surface area contributed by atoms with Gasteiger partial charge in [0.1, 0.15) is 4.32 Å². The summed E-state index contributed by atoms with van der Waals surface area (Å²) in [6, 6.07) is 4.89. The number of carbonyl (C=O) groups excluding carboxylic acids is 2. The molecule has 2 rings (SSSR count). The van der Waals surface area contributed by atoms with Gasteiger partial charge in [0.2, 0.25) is 0 Å². The van der Waals surface area contributed by atoms with Gasteiger partial charge < -0.3 is 19.7 Å². The zero-order chi connectivity index (χ0) is 19.1. The number of carboxylic acid groups (broad SMARTS) is 1. The molecule has 26 heavy (non-hydrogen) atoms. The predicted octanol–water partition coefficient (Wildman–Crippen LogP) is 2.30. The minimum atomic E-state index is -1.06. The third kappa shape index (κ3) is 5.47. The van der Waals surface area contributed by atoms with Crippen molar-refractivity contribution in [3.05, 3.63) is 28.7 Å². The molecule has 1 fully saturated rings. The number of ether oxygens (including phenoxy) is 1. The summed E-state index contributed by atoms with van der Waals surface area (Å²) in [5, 5.41) is 20.1. The van der Waals surface area contributed by atoms with E-state index in [0.717, 1.165) is 5.56 Å². The number of unbranched alkanes of at least 4 members (excludes halogenated alkanes) is 2. The van der Waals surface area contributed by atoms with Gasteiger partial charge in [0, 0.05) is 12.5 Å². The number of aromatic hydroxyl groups is 1. The van der Waals surface area contributed by atoms with Crippen molar-refractivity contribution in [2.24, 2.45) is 0 Å². The van der Waals surface area contributed by atoms with Crippen molar-refractivity contribution in [1.82, 2.24) is 4.90 Å². The first-order valence-corrected chi connectivity index (χ1v) is 9.56. The maximum Gasteiger partial charge on any atom is 0.266 e. The number of nitrogens with zero attached hydrogens (tertiary/aromatic N) is 1. The first-order chi connectivity index (χ1) is 12.4. The van der Waals surface area contributed by atoms with E-state index in [2.05, 4.69) is 0 Å². The maximum absolute atomic E-state index is 12.5. The monoisotopic (exact) mass is 394 g/mol. The molecule has 0 aromatic heterocycles. The molecule has 1 aromatic carbocycles. The number of rotatable bonds is 9. The first-order valence-electron chi connectivity index (χ1n) is 8.33. The topological polar surface area (TPSA) is 89.9 Å². The van der Waals surface area contributed by atoms with E-state index in [1.807, 2.05) is 6.92 Å². The number of phenolic OH excluding ortho intramolecular Hbond substituents is 1. The number of amides is 1. The summed E-state index contributed by atoms with van der Waals surface area (Å²) in [4.78, 5) is 25.0. The van der Waals surface area contributed by atoms with Crippen molar-refractivity contribution < 1.29 is 24.5 Å². The predicted molar refractivity (Wildman–Crippen MR) is 103 cm³/mol. The second-order valence-corrected chi connectivity index (χ2v) is 7.35. The van der Waals surface area contributed by atoms with Crippen LogP contribution in [-0.4, -0.2) is 39.4 Å². The molecule has 1 aliphatic heterocycles. The molecule has 0 bridgehead atoms. The van der Waals surface area contributed by atoms with E-state index in [1.165, 1.54) is 22.7 Å². The van der Waals surface area contributed by atoms with Gasteiger partial charge in [-0.25, -0.2) is 0 Å². The van der Waals surface area contributed by atoms with Crippen LogP contribution in [0, 0.1) is 0 Å². The van der Waals surface area contributed by atoms with Crippen molar-refractivity contribution in [3.63, 3.8) is 0 Å². The highest BCUT2D eigenvalue weighted by molar-refractivity contribution is 8.26. The molecule has 1 saturated heterocycles. The van der Waals surface area contributed by atoms with Gasteiger partial charge in [0.15, 0.2) is 11.5 Å². The lowest BCUT2D eigenvalue weighted by molar-refractivity contribution is -0.305. The minimum Gasteiger partial charge on any atom is -0.550 e. The Morgan fingerprint density at radius 1 is 1.38 bits per heavy atom. The van der Waals surface area contributed by atoms with E-state index in [4.69, 9.17) is 17.0 Å². The first kappa shape index (κ1) is 20.3. The average Bonchev–Trinajstić information content (AvgIpc) is 2.84. The van der Waals surface area contributed by atoms with Gasteiger partial charge in [0.05, 0.1) is 11.5 Å². The van der Waals surface area contributed by atoms with Crippen LogP contribution < -0.4 is 9.84 Å². The number of hydrogen-bond acceptors (Lipinski definition) is 7. The smallest absolute Gasteiger partial charge is 0.266 e. The van der Waals surface area contributed by atoms with E-state index in [9.17, 15) is 19.8 Å². The number of carboxylic acids is 1. The summed E-state index contributed by atoms with van der Waals surface area (Å²) in [6.45, 7) is 2.72. The molecule has 6 nitrogen and oxygen atoms in total. The highest BCUT2D eigenvalue weighted by Crippen LogP contribution is 2.34. The fourth-order valence-electron chi connectivity index (χ4n) is 2.45. The molecule has 1 N–H and O–H groups in total. The summed E-state index contributed by atoms with van der Waals surface area (Å²) >= 11 is 6.51. The summed E-state index contributed by atoms with van der Waals surface area (Å²) in [5.74, 6) is -0.803. The van der Waals surface area contributed by atoms with Gasteiger partial charge in [-0.2, -0.15) is 0 Å². The van der Waals surface area contributed by atoms with Gasteiger partial charge >= 0.3 is 0 Å². The van der Waals surface area contributed by atoms with Crippen LogP contribution in [0.5, 0.6) is 11.5 Å². The molecule has 0 atom stereocenters. The Morgan fingerprint density at radius 2 is 2.15 bits per heavy atom. The number of thioether (sulfide) groups is 1. The lowest BCUT2D eigenvalue weighted by atomic mass is 10.1. The van der Waals surface area contributed by atoms with Crippen LogP contribution in [0.25, 0.3) is 6.08 Å². The largest absolute Gasteiger partial charge is 0.550 e. The molecule has 1 heterocycles. The standard InChI is InChI=1S/C18H21NO5S2/c1-2-24-14-10-12(7-8-13(14)20)11-15-17(23)19(18(25)26-15)9-5-3-4-6-16(21)22/h7-8,10-11,20H,2-6,9H2,1H3,(H,21,22)/p-1/b15-11+. The number of hydrogen-bond donors (Lipinski definition) is 1. The van der Waals surface area contributed by atoms with Crippen LogP contribution in [0.4, 0.5) is 0 Å². The van der Waals surface area contributed by atoms with E-state index in [0.29, 0.717) is 47.4 Å². The van der Waals surface area contributed by atoms with Crippen molar-refractivity contribution >= 4 is 46.3 Å². The lowest BCUT2D eigenvalue weighted by Gasteiger charge is -2.14. The van der Waals surface area contributed by atoms with Crippen molar-refractivity contribution in [2.45, 2.75) is 32.6 Å². The molecule has 1 amide bonds. The molecule has 8 heteroatoms. The van der Waals surface area contributed by atoms with Gasteiger partial charge in [-0.05, 0) is 50.0 Å². The van der Waals surface area contributed by atoms with Crippen LogP contribution in [0.2, 0.25) is 0 Å².